The second-order valence-corrected chi connectivity index (χ2v) is 8.05. The number of H-pyrrole nitrogens is 1. The van der Waals surface area contributed by atoms with Crippen molar-refractivity contribution >= 4 is 28.3 Å². The first-order valence-electron chi connectivity index (χ1n) is 10.3. The molecule has 10 heteroatoms. The Balaban J connectivity index is 1.54. The lowest BCUT2D eigenvalue weighted by Gasteiger charge is -2.13. The molecule has 0 aliphatic carbocycles. The van der Waals surface area contributed by atoms with Gasteiger partial charge in [0.2, 0.25) is 0 Å². The number of anilines is 1. The van der Waals surface area contributed by atoms with Gasteiger partial charge in [-0.1, -0.05) is 17.7 Å². The predicted octanol–water partition coefficient (Wildman–Crippen LogP) is 3.98. The number of rotatable bonds is 6. The van der Waals surface area contributed by atoms with Gasteiger partial charge < -0.3 is 10.5 Å². The Morgan fingerprint density at radius 2 is 2.00 bits per heavy atom. The number of pyridine rings is 1. The normalized spacial score (nSPS) is 11.2. The fourth-order valence-corrected chi connectivity index (χ4v) is 3.87. The lowest BCUT2D eigenvalue weighted by atomic mass is 10.1. The first-order valence-corrected chi connectivity index (χ1v) is 10.7. The number of nitrogens with two attached hydrogens (primary N) is 1. The largest absolute Gasteiger partial charge is 0.475 e. The molecule has 0 unspecified atom stereocenters. The molecule has 4 heterocycles. The fourth-order valence-electron chi connectivity index (χ4n) is 3.60. The van der Waals surface area contributed by atoms with Crippen LogP contribution in [-0.2, 0) is 13.5 Å². The van der Waals surface area contributed by atoms with E-state index < -0.39 is 0 Å². The van der Waals surface area contributed by atoms with Gasteiger partial charge in [-0.3, -0.25) is 14.8 Å². The van der Waals surface area contributed by atoms with Crippen molar-refractivity contribution < 1.29 is 4.74 Å². The highest BCUT2D eigenvalue weighted by molar-refractivity contribution is 6.35. The number of ether oxygens (including phenoxy) is 1. The molecule has 0 spiro atoms. The summed E-state index contributed by atoms with van der Waals surface area (Å²) >= 11 is 6.49. The number of benzene rings is 1. The zero-order valence-electron chi connectivity index (χ0n) is 18.1. The number of nitrogens with zero attached hydrogens (tertiary/aromatic N) is 6. The fraction of sp³-hybridized carbons (Fsp3) is 0.174. The van der Waals surface area contributed by atoms with Crippen molar-refractivity contribution in [1.29, 1.82) is 0 Å². The number of halogens is 1. The second-order valence-electron chi connectivity index (χ2n) is 7.65. The number of aryl methyl sites for hydroxylation is 2. The molecule has 0 saturated carbocycles. The molecule has 166 valence electrons. The Morgan fingerprint density at radius 3 is 2.79 bits per heavy atom. The molecular weight excluding hydrogens is 440 g/mol. The average molecular weight is 461 g/mol. The number of nitrogens with one attached hydrogen (secondary N) is 1. The zero-order valence-corrected chi connectivity index (χ0v) is 18.8. The van der Waals surface area contributed by atoms with E-state index >= 15 is 0 Å². The lowest BCUT2D eigenvalue weighted by molar-refractivity contribution is 0.309. The van der Waals surface area contributed by atoms with Crippen molar-refractivity contribution in [3.63, 3.8) is 0 Å². The minimum atomic E-state index is 0.187. The molecule has 33 heavy (non-hydrogen) atoms. The van der Waals surface area contributed by atoms with E-state index in [9.17, 15) is 0 Å². The number of aromatic amines is 1. The van der Waals surface area contributed by atoms with Crippen LogP contribution in [0.15, 0.2) is 48.8 Å². The molecule has 1 aromatic carbocycles. The van der Waals surface area contributed by atoms with Gasteiger partial charge in [0.25, 0.3) is 5.88 Å². The third-order valence-electron chi connectivity index (χ3n) is 5.16. The van der Waals surface area contributed by atoms with Crippen molar-refractivity contribution in [1.82, 2.24) is 34.9 Å². The van der Waals surface area contributed by atoms with E-state index in [2.05, 4.69) is 25.3 Å². The molecule has 9 nitrogen and oxygen atoms in total. The molecule has 3 N–H and O–H groups in total. The molecule has 5 aromatic rings. The van der Waals surface area contributed by atoms with Crippen molar-refractivity contribution in [2.45, 2.75) is 13.3 Å². The van der Waals surface area contributed by atoms with Gasteiger partial charge in [0.1, 0.15) is 17.1 Å². The summed E-state index contributed by atoms with van der Waals surface area (Å²) in [6.07, 6.45) is 4.16. The van der Waals surface area contributed by atoms with Crippen LogP contribution in [0.25, 0.3) is 33.5 Å². The van der Waals surface area contributed by atoms with Crippen molar-refractivity contribution in [3.05, 3.63) is 65.2 Å². The van der Waals surface area contributed by atoms with Gasteiger partial charge in [0.15, 0.2) is 5.82 Å². The van der Waals surface area contributed by atoms with Crippen LogP contribution in [0.2, 0.25) is 5.02 Å². The molecule has 4 aromatic heterocycles. The summed E-state index contributed by atoms with van der Waals surface area (Å²) in [5, 5.41) is 12.8. The van der Waals surface area contributed by atoms with Crippen LogP contribution in [0.3, 0.4) is 0 Å². The monoisotopic (exact) mass is 460 g/mol. The summed E-state index contributed by atoms with van der Waals surface area (Å²) in [5.41, 5.74) is 11.4. The highest BCUT2D eigenvalue weighted by Crippen LogP contribution is 2.35. The molecule has 0 bridgehead atoms. The van der Waals surface area contributed by atoms with Crippen LogP contribution in [0.1, 0.15) is 11.4 Å². The molecule has 5 rings (SSSR count). The van der Waals surface area contributed by atoms with Crippen LogP contribution >= 0.6 is 11.6 Å². The maximum Gasteiger partial charge on any atom is 0.257 e. The van der Waals surface area contributed by atoms with Crippen molar-refractivity contribution in [3.8, 4) is 28.5 Å². The van der Waals surface area contributed by atoms with Crippen LogP contribution < -0.4 is 10.5 Å². The van der Waals surface area contributed by atoms with E-state index in [4.69, 9.17) is 27.1 Å². The van der Waals surface area contributed by atoms with Crippen LogP contribution in [0, 0.1) is 6.92 Å². The summed E-state index contributed by atoms with van der Waals surface area (Å²) in [5.74, 6) is 0.438. The first kappa shape index (κ1) is 20.9. The quantitative estimate of drug-likeness (QED) is 0.393. The van der Waals surface area contributed by atoms with Gasteiger partial charge in [-0.2, -0.15) is 10.2 Å². The standard InChI is InChI=1S/C23H21ClN8O/c1-13-4-3-5-16(27-13)7-9-33-23-22(25)28-21(18-6-8-32(2)31-18)20(29-23)14-10-15-12-26-30-19(15)17(24)11-14/h3-6,8,10-12H,7,9H2,1-2H3,(H2,25,28)(H,26,30). The summed E-state index contributed by atoms with van der Waals surface area (Å²) in [4.78, 5) is 13.8. The molecule has 0 aliphatic heterocycles. The Kier molecular flexibility index (Phi) is 5.39. The lowest BCUT2D eigenvalue weighted by Crippen LogP contribution is -2.09. The number of hydrogen-bond donors (Lipinski definition) is 2. The van der Waals surface area contributed by atoms with Gasteiger partial charge in [-0.25, -0.2) is 9.97 Å². The van der Waals surface area contributed by atoms with E-state index in [1.165, 1.54) is 0 Å². The molecule has 0 aliphatic rings. The Hall–Kier alpha value is -3.98. The molecule has 0 atom stereocenters. The summed E-state index contributed by atoms with van der Waals surface area (Å²) in [6.45, 7) is 2.32. The number of fused-ring (bicyclic) bond motifs is 1. The molecule has 0 saturated heterocycles. The van der Waals surface area contributed by atoms with E-state index in [1.54, 1.807) is 10.9 Å². The van der Waals surface area contributed by atoms with Crippen LogP contribution in [-0.4, -0.2) is 41.5 Å². The third-order valence-corrected chi connectivity index (χ3v) is 5.46. The topological polar surface area (TPSA) is 120 Å². The van der Waals surface area contributed by atoms with E-state index in [0.717, 1.165) is 27.9 Å². The Labute approximate surface area is 194 Å². The highest BCUT2D eigenvalue weighted by Gasteiger charge is 2.19. The SMILES string of the molecule is Cc1cccc(CCOc2nc(-c3cc(Cl)c4[nH]ncc4c3)c(-c3ccn(C)n3)nc2N)n1. The van der Waals surface area contributed by atoms with E-state index in [1.807, 2.05) is 56.6 Å². The maximum absolute atomic E-state index is 6.49. The smallest absolute Gasteiger partial charge is 0.257 e. The summed E-state index contributed by atoms with van der Waals surface area (Å²) in [7, 11) is 1.84. The minimum Gasteiger partial charge on any atom is -0.475 e. The van der Waals surface area contributed by atoms with Crippen molar-refractivity contribution in [2.24, 2.45) is 7.05 Å². The molecule has 0 fully saturated rings. The van der Waals surface area contributed by atoms with Gasteiger partial charge >= 0.3 is 0 Å². The minimum absolute atomic E-state index is 0.187. The van der Waals surface area contributed by atoms with E-state index in [-0.39, 0.29) is 11.7 Å². The van der Waals surface area contributed by atoms with Gasteiger partial charge in [-0.05, 0) is 37.3 Å². The first-order chi connectivity index (χ1) is 16.0. The molecule has 0 radical (unpaired) electrons. The molecular formula is C23H21ClN8O. The Bertz CT molecular complexity index is 1460. The van der Waals surface area contributed by atoms with Crippen LogP contribution in [0.5, 0.6) is 5.88 Å². The van der Waals surface area contributed by atoms with Gasteiger partial charge in [-0.15, -0.1) is 0 Å². The Morgan fingerprint density at radius 1 is 1.12 bits per heavy atom. The zero-order chi connectivity index (χ0) is 22.9. The van der Waals surface area contributed by atoms with Gasteiger partial charge in [0.05, 0.1) is 23.3 Å². The average Bonchev–Trinajstić information content (AvgIpc) is 3.44. The predicted molar refractivity (Wildman–Crippen MR) is 127 cm³/mol. The summed E-state index contributed by atoms with van der Waals surface area (Å²) < 4.78 is 7.62. The number of nitrogen functional groups attached to an aromatic ring is 1. The van der Waals surface area contributed by atoms with Crippen LogP contribution in [0.4, 0.5) is 5.82 Å². The second kappa shape index (κ2) is 8.51. The number of hydrogen-bond acceptors (Lipinski definition) is 7. The summed E-state index contributed by atoms with van der Waals surface area (Å²) in [6, 6.07) is 11.5. The van der Waals surface area contributed by atoms with Gasteiger partial charge in [0, 0.05) is 42.0 Å². The third kappa shape index (κ3) is 4.22. The molecule has 0 amide bonds. The van der Waals surface area contributed by atoms with Crippen molar-refractivity contribution in [2.75, 3.05) is 12.3 Å². The highest BCUT2D eigenvalue weighted by atomic mass is 35.5. The number of aromatic nitrogens is 7. The van der Waals surface area contributed by atoms with E-state index in [0.29, 0.717) is 35.1 Å². The maximum atomic E-state index is 6.49.